The summed E-state index contributed by atoms with van der Waals surface area (Å²) in [6.45, 7) is 0.897. The van der Waals surface area contributed by atoms with Crippen LogP contribution in [0.5, 0.6) is 11.5 Å². The Bertz CT molecular complexity index is 1270. The van der Waals surface area contributed by atoms with Gasteiger partial charge in [-0.2, -0.15) is 5.26 Å². The van der Waals surface area contributed by atoms with Gasteiger partial charge in [0, 0.05) is 16.9 Å². The summed E-state index contributed by atoms with van der Waals surface area (Å²) in [7, 11) is -3.18. The highest BCUT2D eigenvalue weighted by molar-refractivity contribution is 7.88. The SMILES string of the molecule is CS(=O)(=O)NC12CC(COc3ccc4c(c3)CCC4c3cc(Cl)c(OCCCl)c(C#N)c3)(C1)C2. The monoisotopic (exact) mass is 520 g/mol. The number of halogens is 2. The van der Waals surface area contributed by atoms with Gasteiger partial charge < -0.3 is 9.47 Å². The number of nitriles is 1. The van der Waals surface area contributed by atoms with Crippen LogP contribution in [-0.4, -0.2) is 39.3 Å². The lowest BCUT2D eigenvalue weighted by atomic mass is 9.40. The molecule has 34 heavy (non-hydrogen) atoms. The van der Waals surface area contributed by atoms with E-state index in [2.05, 4.69) is 22.9 Å². The largest absolute Gasteiger partial charge is 0.493 e. The van der Waals surface area contributed by atoms with E-state index in [0.29, 0.717) is 35.4 Å². The fraction of sp³-hybridized carbons (Fsp3) is 0.480. The maximum atomic E-state index is 11.5. The standard InChI is InChI=1S/C25H26Cl2N2O4S/c1-34(30,31)29-25-12-24(13-25,14-25)15-33-19-3-5-20-16(9-19)2-4-21(20)17-8-18(11-28)23(22(27)10-17)32-7-6-26/h3,5,8-10,21,29H,2,4,6-7,12-15H2,1H3. The van der Waals surface area contributed by atoms with Crippen LogP contribution in [0.25, 0.3) is 0 Å². The first-order chi connectivity index (χ1) is 16.1. The molecular weight excluding hydrogens is 495 g/mol. The van der Waals surface area contributed by atoms with Crippen LogP contribution in [0.4, 0.5) is 0 Å². The Morgan fingerprint density at radius 2 is 1.97 bits per heavy atom. The predicted octanol–water partition coefficient (Wildman–Crippen LogP) is 4.76. The van der Waals surface area contributed by atoms with Crippen molar-refractivity contribution in [3.8, 4) is 17.6 Å². The zero-order valence-corrected chi connectivity index (χ0v) is 21.2. The van der Waals surface area contributed by atoms with Gasteiger partial charge in [0.2, 0.25) is 10.0 Å². The molecule has 1 unspecified atom stereocenters. The lowest BCUT2D eigenvalue weighted by Crippen LogP contribution is -2.76. The van der Waals surface area contributed by atoms with Crippen LogP contribution in [0.2, 0.25) is 5.02 Å². The van der Waals surface area contributed by atoms with Gasteiger partial charge in [0.05, 0.1) is 29.3 Å². The zero-order chi connectivity index (χ0) is 24.1. The van der Waals surface area contributed by atoms with Crippen molar-refractivity contribution in [1.82, 2.24) is 4.72 Å². The number of rotatable bonds is 9. The van der Waals surface area contributed by atoms with Crippen molar-refractivity contribution < 1.29 is 17.9 Å². The van der Waals surface area contributed by atoms with Crippen LogP contribution in [0.15, 0.2) is 30.3 Å². The summed E-state index contributed by atoms with van der Waals surface area (Å²) in [6, 6.07) is 12.2. The third kappa shape index (κ3) is 4.37. The van der Waals surface area contributed by atoms with E-state index in [1.54, 1.807) is 0 Å². The second kappa shape index (κ2) is 8.60. The van der Waals surface area contributed by atoms with Crippen molar-refractivity contribution in [3.05, 3.63) is 57.6 Å². The molecule has 2 aromatic rings. The lowest BCUT2D eigenvalue weighted by Gasteiger charge is -2.69. The molecule has 0 saturated heterocycles. The van der Waals surface area contributed by atoms with Crippen LogP contribution in [-0.2, 0) is 16.4 Å². The fourth-order valence-electron chi connectivity index (χ4n) is 6.11. The summed E-state index contributed by atoms with van der Waals surface area (Å²) in [5.41, 5.74) is 3.75. The number of hydrogen-bond acceptors (Lipinski definition) is 5. The molecule has 2 bridgehead atoms. The van der Waals surface area contributed by atoms with Crippen LogP contribution >= 0.6 is 23.2 Å². The molecule has 0 spiro atoms. The maximum absolute atomic E-state index is 11.5. The lowest BCUT2D eigenvalue weighted by molar-refractivity contribution is -0.162. The Morgan fingerprint density at radius 3 is 2.65 bits per heavy atom. The van der Waals surface area contributed by atoms with Crippen LogP contribution < -0.4 is 14.2 Å². The predicted molar refractivity (Wildman–Crippen MR) is 131 cm³/mol. The molecule has 1 atom stereocenters. The molecule has 9 heteroatoms. The highest BCUT2D eigenvalue weighted by Crippen LogP contribution is 2.67. The molecule has 0 aromatic heterocycles. The highest BCUT2D eigenvalue weighted by Gasteiger charge is 2.69. The molecule has 0 heterocycles. The topological polar surface area (TPSA) is 88.4 Å². The van der Waals surface area contributed by atoms with Crippen molar-refractivity contribution in [1.29, 1.82) is 5.26 Å². The third-order valence-electron chi connectivity index (χ3n) is 7.19. The Kier molecular flexibility index (Phi) is 6.01. The Labute approximate surface area is 210 Å². The van der Waals surface area contributed by atoms with Crippen LogP contribution in [0.3, 0.4) is 0 Å². The van der Waals surface area contributed by atoms with Gasteiger partial charge in [-0.1, -0.05) is 17.7 Å². The zero-order valence-electron chi connectivity index (χ0n) is 18.9. The minimum atomic E-state index is -3.18. The summed E-state index contributed by atoms with van der Waals surface area (Å²) in [5, 5.41) is 10.0. The molecule has 0 amide bonds. The molecule has 6 nitrogen and oxygen atoms in total. The van der Waals surface area contributed by atoms with Crippen molar-refractivity contribution >= 4 is 33.2 Å². The molecule has 6 rings (SSSR count). The summed E-state index contributed by atoms with van der Waals surface area (Å²) >= 11 is 12.2. The van der Waals surface area contributed by atoms with Crippen molar-refractivity contribution in [2.75, 3.05) is 25.3 Å². The number of nitrogens with one attached hydrogen (secondary N) is 1. The summed E-state index contributed by atoms with van der Waals surface area (Å²) in [5.74, 6) is 1.71. The third-order valence-corrected chi connectivity index (χ3v) is 8.43. The number of hydrogen-bond donors (Lipinski definition) is 1. The molecule has 4 aliphatic rings. The van der Waals surface area contributed by atoms with Crippen molar-refractivity contribution in [2.24, 2.45) is 5.41 Å². The minimum absolute atomic E-state index is 0.0942. The van der Waals surface area contributed by atoms with Crippen LogP contribution in [0, 0.1) is 16.7 Å². The van der Waals surface area contributed by atoms with Gasteiger partial charge in [0.15, 0.2) is 5.75 Å². The van der Waals surface area contributed by atoms with Gasteiger partial charge in [-0.05, 0) is 73.1 Å². The van der Waals surface area contributed by atoms with Crippen LogP contribution in [0.1, 0.15) is 53.9 Å². The number of fused-ring (bicyclic) bond motifs is 1. The molecule has 3 saturated carbocycles. The van der Waals surface area contributed by atoms with E-state index < -0.39 is 10.0 Å². The first-order valence-electron chi connectivity index (χ1n) is 11.3. The van der Waals surface area contributed by atoms with Gasteiger partial charge in [-0.25, -0.2) is 13.1 Å². The Morgan fingerprint density at radius 1 is 1.21 bits per heavy atom. The van der Waals surface area contributed by atoms with E-state index in [4.69, 9.17) is 32.7 Å². The summed E-state index contributed by atoms with van der Waals surface area (Å²) in [6.07, 6.45) is 5.60. The van der Waals surface area contributed by atoms with E-state index in [1.165, 1.54) is 17.4 Å². The number of nitrogens with zero attached hydrogens (tertiary/aromatic N) is 1. The maximum Gasteiger partial charge on any atom is 0.209 e. The van der Waals surface area contributed by atoms with E-state index in [-0.39, 0.29) is 16.9 Å². The second-order valence-electron chi connectivity index (χ2n) is 9.95. The molecule has 3 fully saturated rings. The number of sulfonamides is 1. The quantitative estimate of drug-likeness (QED) is 0.481. The van der Waals surface area contributed by atoms with Gasteiger partial charge in [-0.3, -0.25) is 0 Å². The highest BCUT2D eigenvalue weighted by atomic mass is 35.5. The number of aryl methyl sites for hydroxylation is 1. The average molecular weight is 521 g/mol. The van der Waals surface area contributed by atoms with E-state index >= 15 is 0 Å². The molecule has 0 radical (unpaired) electrons. The van der Waals surface area contributed by atoms with Gasteiger partial charge in [0.25, 0.3) is 0 Å². The number of ether oxygens (including phenoxy) is 2. The summed E-state index contributed by atoms with van der Waals surface area (Å²) in [4.78, 5) is 0. The first-order valence-corrected chi connectivity index (χ1v) is 14.1. The Balaban J connectivity index is 1.26. The number of benzene rings is 2. The molecule has 1 N–H and O–H groups in total. The summed E-state index contributed by atoms with van der Waals surface area (Å²) < 4.78 is 37.5. The van der Waals surface area contributed by atoms with E-state index in [9.17, 15) is 13.7 Å². The average Bonchev–Trinajstić information content (AvgIpc) is 3.15. The molecule has 2 aromatic carbocycles. The molecule has 180 valence electrons. The smallest absolute Gasteiger partial charge is 0.209 e. The number of alkyl halides is 1. The Hall–Kier alpha value is -1.98. The first kappa shape index (κ1) is 23.7. The van der Waals surface area contributed by atoms with Crippen molar-refractivity contribution in [3.63, 3.8) is 0 Å². The van der Waals surface area contributed by atoms with E-state index in [0.717, 1.165) is 43.4 Å². The van der Waals surface area contributed by atoms with Gasteiger partial charge in [0.1, 0.15) is 18.4 Å². The second-order valence-corrected chi connectivity index (χ2v) is 12.5. The molecular formula is C25H26Cl2N2O4S. The normalized spacial score (nSPS) is 26.7. The molecule has 4 aliphatic carbocycles. The van der Waals surface area contributed by atoms with Gasteiger partial charge in [-0.15, -0.1) is 11.6 Å². The van der Waals surface area contributed by atoms with Crippen molar-refractivity contribution in [2.45, 2.75) is 43.6 Å². The van der Waals surface area contributed by atoms with E-state index in [1.807, 2.05) is 18.2 Å². The minimum Gasteiger partial charge on any atom is -0.493 e. The molecule has 0 aliphatic heterocycles. The fourth-order valence-corrected chi connectivity index (χ4v) is 7.47. The van der Waals surface area contributed by atoms with Gasteiger partial charge >= 0.3 is 0 Å².